The van der Waals surface area contributed by atoms with E-state index in [1.807, 2.05) is 33.8 Å². The molecule has 1 aromatic heterocycles. The van der Waals surface area contributed by atoms with Gasteiger partial charge in [0.25, 0.3) is 0 Å². The highest BCUT2D eigenvalue weighted by Crippen LogP contribution is 2.23. The zero-order chi connectivity index (χ0) is 19.3. The van der Waals surface area contributed by atoms with Crippen molar-refractivity contribution in [3.63, 3.8) is 0 Å². The molecule has 0 amide bonds. The molecule has 0 aliphatic rings. The first-order valence-electron chi connectivity index (χ1n) is 9.07. The largest absolute Gasteiger partial charge is 0.361 e. The fraction of sp³-hybridized carbons (Fsp3) is 0.500. The van der Waals surface area contributed by atoms with E-state index in [2.05, 4.69) is 27.7 Å². The van der Waals surface area contributed by atoms with Crippen molar-refractivity contribution >= 4 is 29.9 Å². The molecule has 2 unspecified atom stereocenters. The average Bonchev–Trinajstić information content (AvgIpc) is 2.93. The van der Waals surface area contributed by atoms with Crippen molar-refractivity contribution < 1.29 is 8.91 Å². The van der Waals surface area contributed by atoms with Gasteiger partial charge in [0.15, 0.2) is 5.96 Å². The minimum Gasteiger partial charge on any atom is -0.361 e. The van der Waals surface area contributed by atoms with Gasteiger partial charge in [0.1, 0.15) is 11.6 Å². The van der Waals surface area contributed by atoms with Crippen LogP contribution in [-0.4, -0.2) is 24.2 Å². The molecular formula is C20H30FIN4O. The number of guanidine groups is 1. The average molecular weight is 488 g/mol. The third-order valence-corrected chi connectivity index (χ3v) is 4.50. The van der Waals surface area contributed by atoms with Gasteiger partial charge in [-0.05, 0) is 51.8 Å². The number of halogens is 2. The molecule has 0 fully saturated rings. The summed E-state index contributed by atoms with van der Waals surface area (Å²) in [4.78, 5) is 4.69. The van der Waals surface area contributed by atoms with Gasteiger partial charge in [-0.25, -0.2) is 4.39 Å². The van der Waals surface area contributed by atoms with Crippen LogP contribution >= 0.6 is 24.0 Å². The molecule has 0 radical (unpaired) electrons. The first-order chi connectivity index (χ1) is 12.3. The highest BCUT2D eigenvalue weighted by molar-refractivity contribution is 14.0. The number of aliphatic imine (C=N–C) groups is 1. The lowest BCUT2D eigenvalue weighted by molar-refractivity contribution is 0.391. The van der Waals surface area contributed by atoms with Gasteiger partial charge in [0.2, 0.25) is 0 Å². The van der Waals surface area contributed by atoms with Crippen LogP contribution < -0.4 is 10.6 Å². The lowest BCUT2D eigenvalue weighted by Gasteiger charge is -2.19. The van der Waals surface area contributed by atoms with Crippen molar-refractivity contribution in [2.24, 2.45) is 4.99 Å². The van der Waals surface area contributed by atoms with E-state index in [-0.39, 0.29) is 41.8 Å². The van der Waals surface area contributed by atoms with Crippen molar-refractivity contribution in [1.82, 2.24) is 15.8 Å². The lowest BCUT2D eigenvalue weighted by atomic mass is 10.00. The molecule has 0 saturated carbocycles. The van der Waals surface area contributed by atoms with E-state index in [1.54, 1.807) is 19.1 Å². The van der Waals surface area contributed by atoms with Crippen LogP contribution in [0.25, 0.3) is 0 Å². The molecule has 1 aromatic carbocycles. The van der Waals surface area contributed by atoms with Crippen LogP contribution in [0.4, 0.5) is 4.39 Å². The smallest absolute Gasteiger partial charge is 0.191 e. The molecule has 7 heteroatoms. The zero-order valence-corrected chi connectivity index (χ0v) is 19.2. The number of nitrogens with zero attached hydrogens (tertiary/aromatic N) is 2. The van der Waals surface area contributed by atoms with E-state index in [0.717, 1.165) is 29.1 Å². The molecule has 2 atom stereocenters. The quantitative estimate of drug-likeness (QED) is 0.349. The minimum atomic E-state index is -0.190. The summed E-state index contributed by atoms with van der Waals surface area (Å²) in [7, 11) is 0. The van der Waals surface area contributed by atoms with E-state index in [4.69, 9.17) is 4.52 Å². The molecule has 2 aromatic rings. The summed E-state index contributed by atoms with van der Waals surface area (Å²) in [5.74, 6) is 1.56. The fourth-order valence-corrected chi connectivity index (χ4v) is 3.00. The Kier molecular flexibility index (Phi) is 9.21. The maximum Gasteiger partial charge on any atom is 0.191 e. The number of hydrogen-bond acceptors (Lipinski definition) is 3. The Morgan fingerprint density at radius 2 is 1.96 bits per heavy atom. The Bertz CT molecular complexity index is 756. The lowest BCUT2D eigenvalue weighted by Crippen LogP contribution is -2.39. The molecule has 2 N–H and O–H groups in total. The first kappa shape index (κ1) is 23.4. The van der Waals surface area contributed by atoms with Crippen LogP contribution in [0, 0.1) is 26.6 Å². The van der Waals surface area contributed by atoms with Crippen LogP contribution in [0.3, 0.4) is 0 Å². The fourth-order valence-electron chi connectivity index (χ4n) is 3.00. The number of rotatable bonds is 6. The van der Waals surface area contributed by atoms with E-state index in [1.165, 1.54) is 0 Å². The van der Waals surface area contributed by atoms with Crippen LogP contribution in [0.2, 0.25) is 0 Å². The van der Waals surface area contributed by atoms with Gasteiger partial charge in [-0.1, -0.05) is 24.2 Å². The maximum absolute atomic E-state index is 13.8. The Labute approximate surface area is 178 Å². The molecule has 0 spiro atoms. The summed E-state index contributed by atoms with van der Waals surface area (Å²) in [6.45, 7) is 13.1. The van der Waals surface area contributed by atoms with Crippen molar-refractivity contribution in [2.75, 3.05) is 13.1 Å². The number of nitrogens with one attached hydrogen (secondary N) is 2. The molecule has 27 heavy (non-hydrogen) atoms. The summed E-state index contributed by atoms with van der Waals surface area (Å²) in [5, 5.41) is 10.6. The Balaban J connectivity index is 0.00000364. The Hall–Kier alpha value is -1.64. The number of aryl methyl sites for hydroxylation is 3. The highest BCUT2D eigenvalue weighted by atomic mass is 127. The summed E-state index contributed by atoms with van der Waals surface area (Å²) < 4.78 is 19.1. The van der Waals surface area contributed by atoms with E-state index >= 15 is 0 Å². The van der Waals surface area contributed by atoms with E-state index in [9.17, 15) is 4.39 Å². The molecule has 1 heterocycles. The predicted octanol–water partition coefficient (Wildman–Crippen LogP) is 4.78. The van der Waals surface area contributed by atoms with Crippen molar-refractivity contribution in [1.29, 1.82) is 0 Å². The van der Waals surface area contributed by atoms with Gasteiger partial charge in [-0.3, -0.25) is 4.99 Å². The summed E-state index contributed by atoms with van der Waals surface area (Å²) >= 11 is 0. The third-order valence-electron chi connectivity index (χ3n) is 4.50. The zero-order valence-electron chi connectivity index (χ0n) is 16.9. The van der Waals surface area contributed by atoms with Crippen LogP contribution in [0.5, 0.6) is 0 Å². The first-order valence-corrected chi connectivity index (χ1v) is 9.07. The SMILES string of the molecule is CCNC(=NCC(C)c1c(C)noc1C)NC(C)c1ccc(C)c(F)c1.I. The minimum absolute atomic E-state index is 0. The van der Waals surface area contributed by atoms with Crippen molar-refractivity contribution in [3.05, 3.63) is 52.2 Å². The Morgan fingerprint density at radius 1 is 1.26 bits per heavy atom. The molecule has 2 rings (SSSR count). The molecular weight excluding hydrogens is 458 g/mol. The van der Waals surface area contributed by atoms with Crippen LogP contribution in [0.1, 0.15) is 60.9 Å². The second kappa shape index (κ2) is 10.6. The molecule has 150 valence electrons. The number of hydrogen-bond donors (Lipinski definition) is 2. The summed E-state index contributed by atoms with van der Waals surface area (Å²) in [5.41, 5.74) is 3.55. The van der Waals surface area contributed by atoms with E-state index in [0.29, 0.717) is 18.1 Å². The topological polar surface area (TPSA) is 62.5 Å². The van der Waals surface area contributed by atoms with Crippen LogP contribution in [-0.2, 0) is 0 Å². The van der Waals surface area contributed by atoms with E-state index < -0.39 is 0 Å². The van der Waals surface area contributed by atoms with Crippen molar-refractivity contribution in [2.45, 2.75) is 53.5 Å². The molecule has 0 aliphatic heterocycles. The predicted molar refractivity (Wildman–Crippen MR) is 118 cm³/mol. The number of aromatic nitrogens is 1. The van der Waals surface area contributed by atoms with Gasteiger partial charge < -0.3 is 15.2 Å². The Morgan fingerprint density at radius 3 is 2.52 bits per heavy atom. The highest BCUT2D eigenvalue weighted by Gasteiger charge is 2.16. The van der Waals surface area contributed by atoms with Crippen LogP contribution in [0.15, 0.2) is 27.7 Å². The van der Waals surface area contributed by atoms with Gasteiger partial charge in [0, 0.05) is 24.6 Å². The third kappa shape index (κ3) is 6.19. The molecule has 0 bridgehead atoms. The van der Waals surface area contributed by atoms with Gasteiger partial charge in [-0.15, -0.1) is 24.0 Å². The van der Waals surface area contributed by atoms with Gasteiger partial charge in [-0.2, -0.15) is 0 Å². The van der Waals surface area contributed by atoms with Gasteiger partial charge in [0.05, 0.1) is 11.7 Å². The van der Waals surface area contributed by atoms with Crippen molar-refractivity contribution in [3.8, 4) is 0 Å². The second-order valence-corrected chi connectivity index (χ2v) is 6.73. The maximum atomic E-state index is 13.8. The summed E-state index contributed by atoms with van der Waals surface area (Å²) in [6.07, 6.45) is 0. The number of benzene rings is 1. The standard InChI is InChI=1S/C20H29FN4O.HI/c1-7-22-20(23-11-13(3)19-15(5)25-26-16(19)6)24-14(4)17-9-8-12(2)18(21)10-17;/h8-10,13-14H,7,11H2,1-6H3,(H2,22,23,24);1H. The molecule has 0 aliphatic carbocycles. The van der Waals surface area contributed by atoms with Gasteiger partial charge >= 0.3 is 0 Å². The molecule has 0 saturated heterocycles. The molecule has 5 nitrogen and oxygen atoms in total. The monoisotopic (exact) mass is 488 g/mol. The summed E-state index contributed by atoms with van der Waals surface area (Å²) in [6, 6.07) is 5.25. The second-order valence-electron chi connectivity index (χ2n) is 6.73. The normalized spacial score (nSPS) is 13.7.